The van der Waals surface area contributed by atoms with E-state index in [-0.39, 0.29) is 33.8 Å². The molecule has 4 aromatic rings. The van der Waals surface area contributed by atoms with Crippen molar-refractivity contribution in [1.82, 2.24) is 10.2 Å². The summed E-state index contributed by atoms with van der Waals surface area (Å²) in [5.74, 6) is -3.74. The Morgan fingerprint density at radius 1 is 1.02 bits per heavy atom. The minimum absolute atomic E-state index is 0.0286. The zero-order valence-corrected chi connectivity index (χ0v) is 23.2. The van der Waals surface area contributed by atoms with E-state index in [0.29, 0.717) is 34.1 Å². The number of halogens is 2. The molecule has 0 bridgehead atoms. The lowest BCUT2D eigenvalue weighted by molar-refractivity contribution is 0.0687. The number of hydrazone groups is 1. The van der Waals surface area contributed by atoms with E-state index in [0.717, 1.165) is 30.0 Å². The minimum atomic E-state index is -1.24. The normalized spacial score (nSPS) is 16.6. The molecule has 0 amide bonds. The number of nitrogens with zero attached hydrogens (tertiary/aromatic N) is 4. The highest BCUT2D eigenvalue weighted by atomic mass is 32.2. The maximum Gasteiger partial charge on any atom is 0.336 e. The van der Waals surface area contributed by atoms with E-state index < -0.39 is 28.4 Å². The predicted octanol–water partition coefficient (Wildman–Crippen LogP) is 5.70. The van der Waals surface area contributed by atoms with Crippen LogP contribution >= 0.6 is 23.1 Å². The average Bonchev–Trinajstić information content (AvgIpc) is 3.56. The zero-order valence-electron chi connectivity index (χ0n) is 21.5. The summed E-state index contributed by atoms with van der Waals surface area (Å²) in [6.45, 7) is 2.04. The Balaban J connectivity index is 1.82. The molecular weight excluding hydrogens is 572 g/mol. The fourth-order valence-corrected chi connectivity index (χ4v) is 6.93. The molecule has 1 aliphatic rings. The molecule has 3 aromatic carbocycles. The average molecular weight is 596 g/mol. The van der Waals surface area contributed by atoms with Gasteiger partial charge in [-0.15, -0.1) is 10.2 Å². The van der Waals surface area contributed by atoms with Crippen LogP contribution in [0, 0.1) is 18.6 Å². The van der Waals surface area contributed by atoms with Gasteiger partial charge in [0.1, 0.15) is 26.6 Å². The maximum atomic E-state index is 15.0. The van der Waals surface area contributed by atoms with Crippen molar-refractivity contribution in [3.63, 3.8) is 0 Å². The second-order valence-electron chi connectivity index (χ2n) is 9.14. The first-order chi connectivity index (χ1) is 19.6. The smallest absolute Gasteiger partial charge is 0.336 e. The van der Waals surface area contributed by atoms with Crippen LogP contribution in [0.4, 0.5) is 13.9 Å². The van der Waals surface area contributed by atoms with Gasteiger partial charge in [-0.2, -0.15) is 5.10 Å². The van der Waals surface area contributed by atoms with Gasteiger partial charge in [-0.05, 0) is 73.8 Å². The summed E-state index contributed by atoms with van der Waals surface area (Å²) >= 11 is 2.35. The summed E-state index contributed by atoms with van der Waals surface area (Å²) in [5, 5.41) is 35.7. The maximum absolute atomic E-state index is 15.0. The van der Waals surface area contributed by atoms with Gasteiger partial charge in [0.15, 0.2) is 0 Å². The quantitative estimate of drug-likeness (QED) is 0.222. The summed E-state index contributed by atoms with van der Waals surface area (Å²) in [5.41, 5.74) is 6.84. The molecule has 1 atom stereocenters. The number of hydrogen-bond acceptors (Lipinski definition) is 9. The topological polar surface area (TPSA) is 142 Å². The van der Waals surface area contributed by atoms with E-state index in [9.17, 15) is 24.2 Å². The van der Waals surface area contributed by atoms with Gasteiger partial charge in [-0.1, -0.05) is 47.4 Å². The number of carbonyl (C=O) groups is 2. The third-order valence-corrected chi connectivity index (χ3v) is 8.73. The van der Waals surface area contributed by atoms with Crippen molar-refractivity contribution in [3.8, 4) is 11.1 Å². The number of carboxylic acids is 2. The summed E-state index contributed by atoms with van der Waals surface area (Å²) < 4.78 is 29.3. The fourth-order valence-electron chi connectivity index (χ4n) is 4.71. The second kappa shape index (κ2) is 11.4. The Bertz CT molecular complexity index is 1700. The van der Waals surface area contributed by atoms with Gasteiger partial charge in [-0.25, -0.2) is 23.4 Å². The lowest BCUT2D eigenvalue weighted by Gasteiger charge is -2.37. The van der Waals surface area contributed by atoms with Crippen LogP contribution in [0.1, 0.15) is 49.7 Å². The molecule has 1 unspecified atom stereocenters. The van der Waals surface area contributed by atoms with Crippen LogP contribution in [0.5, 0.6) is 0 Å². The SMILES string of the molecule is Cc1nnc(N2N=C(c3cc(F)ccc3F)SC2(CCCN)c2cccc(C(=O)O)c2-c2cccc(C(=O)O)c2)s1. The highest BCUT2D eigenvalue weighted by Crippen LogP contribution is 2.55. The van der Waals surface area contributed by atoms with E-state index in [1.165, 1.54) is 35.6 Å². The molecule has 0 saturated heterocycles. The van der Waals surface area contributed by atoms with E-state index in [1.54, 1.807) is 30.1 Å². The molecule has 0 radical (unpaired) electrons. The number of rotatable bonds is 9. The standard InChI is InChI=1S/C28H23F2N5O4S2/c1-15-32-33-27(40-15)35-28(11-4-12-31,41-24(34-35)20-14-18(29)9-10-22(20)30)21-8-3-7-19(26(38)39)23(21)16-5-2-6-17(13-16)25(36)37/h2-3,5-10,13-14H,4,11-12,31H2,1H3,(H,36,37)(H,38,39). The van der Waals surface area contributed by atoms with Crippen molar-refractivity contribution in [2.24, 2.45) is 10.8 Å². The van der Waals surface area contributed by atoms with Crippen LogP contribution in [0.2, 0.25) is 0 Å². The van der Waals surface area contributed by atoms with Gasteiger partial charge >= 0.3 is 11.9 Å². The third kappa shape index (κ3) is 5.31. The molecule has 0 aliphatic carbocycles. The molecule has 1 aromatic heterocycles. The van der Waals surface area contributed by atoms with Crippen LogP contribution in [-0.4, -0.2) is 43.9 Å². The first-order valence-corrected chi connectivity index (χ1v) is 14.0. The minimum Gasteiger partial charge on any atom is -0.478 e. The Labute approximate surface area is 241 Å². The summed E-state index contributed by atoms with van der Waals surface area (Å²) in [6.07, 6.45) is 0.743. The van der Waals surface area contributed by atoms with Crippen LogP contribution in [0.3, 0.4) is 0 Å². The van der Waals surface area contributed by atoms with Crippen molar-refractivity contribution >= 4 is 45.2 Å². The van der Waals surface area contributed by atoms with Crippen molar-refractivity contribution in [2.45, 2.75) is 24.6 Å². The Kier molecular flexibility index (Phi) is 7.84. The number of carboxylic acid groups (broad SMARTS) is 2. The van der Waals surface area contributed by atoms with Crippen LogP contribution in [-0.2, 0) is 4.87 Å². The van der Waals surface area contributed by atoms with Crippen molar-refractivity contribution in [2.75, 3.05) is 11.6 Å². The van der Waals surface area contributed by atoms with Gasteiger partial charge in [0.2, 0.25) is 5.13 Å². The predicted molar refractivity (Wildman–Crippen MR) is 153 cm³/mol. The van der Waals surface area contributed by atoms with Gasteiger partial charge in [0.05, 0.1) is 11.1 Å². The monoisotopic (exact) mass is 595 g/mol. The molecule has 1 aliphatic heterocycles. The van der Waals surface area contributed by atoms with Crippen LogP contribution in [0.25, 0.3) is 11.1 Å². The molecule has 9 nitrogen and oxygen atoms in total. The first-order valence-electron chi connectivity index (χ1n) is 12.4. The van der Waals surface area contributed by atoms with Crippen molar-refractivity contribution < 1.29 is 28.6 Å². The van der Waals surface area contributed by atoms with Crippen LogP contribution in [0.15, 0.2) is 65.8 Å². The number of nitrogens with two attached hydrogens (primary N) is 1. The van der Waals surface area contributed by atoms with E-state index in [1.807, 2.05) is 0 Å². The lowest BCUT2D eigenvalue weighted by Crippen LogP contribution is -2.39. The summed E-state index contributed by atoms with van der Waals surface area (Å²) in [7, 11) is 0. The molecule has 2 heterocycles. The number of benzene rings is 3. The van der Waals surface area contributed by atoms with E-state index in [2.05, 4.69) is 10.2 Å². The summed E-state index contributed by atoms with van der Waals surface area (Å²) in [4.78, 5) is 23.1. The number of aromatic nitrogens is 2. The molecule has 0 fully saturated rings. The van der Waals surface area contributed by atoms with E-state index >= 15 is 4.39 Å². The summed E-state index contributed by atoms with van der Waals surface area (Å²) in [6, 6.07) is 13.8. The highest BCUT2D eigenvalue weighted by molar-refractivity contribution is 8.15. The Morgan fingerprint density at radius 3 is 2.49 bits per heavy atom. The van der Waals surface area contributed by atoms with Crippen molar-refractivity contribution in [3.05, 3.63) is 99.6 Å². The first kappa shape index (κ1) is 28.3. The molecule has 13 heteroatoms. The molecule has 4 N–H and O–H groups in total. The Morgan fingerprint density at radius 2 is 1.80 bits per heavy atom. The highest BCUT2D eigenvalue weighted by Gasteiger charge is 2.49. The number of hydrogen-bond donors (Lipinski definition) is 3. The van der Waals surface area contributed by atoms with Gasteiger partial charge < -0.3 is 15.9 Å². The third-order valence-electron chi connectivity index (χ3n) is 6.49. The molecule has 0 spiro atoms. The lowest BCUT2D eigenvalue weighted by atomic mass is 9.87. The number of aromatic carboxylic acids is 2. The van der Waals surface area contributed by atoms with E-state index in [4.69, 9.17) is 10.8 Å². The number of aryl methyl sites for hydroxylation is 1. The molecule has 5 rings (SSSR count). The molecule has 0 saturated carbocycles. The van der Waals surface area contributed by atoms with Gasteiger partial charge in [0, 0.05) is 11.1 Å². The molecule has 210 valence electrons. The largest absolute Gasteiger partial charge is 0.478 e. The van der Waals surface area contributed by atoms with Gasteiger partial charge in [-0.3, -0.25) is 0 Å². The Hall–Kier alpha value is -4.20. The van der Waals surface area contributed by atoms with Crippen LogP contribution < -0.4 is 10.7 Å². The fraction of sp³-hybridized carbons (Fsp3) is 0.179. The zero-order chi connectivity index (χ0) is 29.3. The van der Waals surface area contributed by atoms with Gasteiger partial charge in [0.25, 0.3) is 0 Å². The number of thioether (sulfide) groups is 1. The number of anilines is 1. The second-order valence-corrected chi connectivity index (χ2v) is 11.6. The molecular formula is C28H23F2N5O4S2. The van der Waals surface area contributed by atoms with Crippen molar-refractivity contribution in [1.29, 1.82) is 0 Å². The molecule has 41 heavy (non-hydrogen) atoms.